The standard InChI is InChI=1S/C32H38BrN3O5S/c1-4-41-29-17-15-28(16-18-29)36(42(39,40)30-19-13-26(33)14-20-30)22-31(37)35(21-25-11-9-23(2)10-12-25)24(3)32(38)34-27-7-5-6-8-27/h9-20,24,27H,4-8,21-22H2,1-3H3,(H,34,38). The van der Waals surface area contributed by atoms with Gasteiger partial charge in [-0.25, -0.2) is 8.42 Å². The van der Waals surface area contributed by atoms with Crippen molar-refractivity contribution in [1.82, 2.24) is 10.2 Å². The van der Waals surface area contributed by atoms with Crippen molar-refractivity contribution in [3.8, 4) is 5.75 Å². The zero-order valence-corrected chi connectivity index (χ0v) is 26.7. The number of ether oxygens (including phenoxy) is 1. The average molecular weight is 657 g/mol. The first-order valence-corrected chi connectivity index (χ1v) is 16.5. The Morgan fingerprint density at radius 3 is 2.19 bits per heavy atom. The van der Waals surface area contributed by atoms with Crippen LogP contribution in [0.5, 0.6) is 5.75 Å². The van der Waals surface area contributed by atoms with Gasteiger partial charge in [-0.3, -0.25) is 13.9 Å². The third-order valence-corrected chi connectivity index (χ3v) is 9.78. The van der Waals surface area contributed by atoms with E-state index in [0.717, 1.165) is 45.6 Å². The topological polar surface area (TPSA) is 96.0 Å². The van der Waals surface area contributed by atoms with Crippen LogP contribution < -0.4 is 14.4 Å². The van der Waals surface area contributed by atoms with Crippen molar-refractivity contribution in [1.29, 1.82) is 0 Å². The van der Waals surface area contributed by atoms with Gasteiger partial charge in [0.05, 0.1) is 17.2 Å². The Kier molecular flexibility index (Phi) is 10.7. The smallest absolute Gasteiger partial charge is 0.264 e. The summed E-state index contributed by atoms with van der Waals surface area (Å²) in [6.45, 7) is 5.68. The average Bonchev–Trinajstić information content (AvgIpc) is 3.49. The lowest BCUT2D eigenvalue weighted by Crippen LogP contribution is -2.52. The van der Waals surface area contributed by atoms with Gasteiger partial charge in [-0.05, 0) is 87.7 Å². The van der Waals surface area contributed by atoms with E-state index in [-0.39, 0.29) is 23.4 Å². The third kappa shape index (κ3) is 7.92. The van der Waals surface area contributed by atoms with E-state index in [0.29, 0.717) is 18.0 Å². The van der Waals surface area contributed by atoms with E-state index >= 15 is 0 Å². The van der Waals surface area contributed by atoms with Gasteiger partial charge in [0.25, 0.3) is 10.0 Å². The molecule has 0 spiro atoms. The van der Waals surface area contributed by atoms with Crippen LogP contribution in [0.4, 0.5) is 5.69 Å². The van der Waals surface area contributed by atoms with Crippen molar-refractivity contribution in [3.05, 3.63) is 88.4 Å². The van der Waals surface area contributed by atoms with Crippen LogP contribution in [0, 0.1) is 6.92 Å². The Morgan fingerprint density at radius 1 is 0.976 bits per heavy atom. The van der Waals surface area contributed by atoms with Crippen molar-refractivity contribution < 1.29 is 22.7 Å². The molecule has 0 heterocycles. The number of anilines is 1. The lowest BCUT2D eigenvalue weighted by molar-refractivity contribution is -0.139. The van der Waals surface area contributed by atoms with Gasteiger partial charge >= 0.3 is 0 Å². The predicted molar refractivity (Wildman–Crippen MR) is 168 cm³/mol. The molecule has 2 amide bonds. The first-order chi connectivity index (χ1) is 20.1. The molecule has 224 valence electrons. The molecule has 3 aromatic rings. The van der Waals surface area contributed by atoms with Gasteiger partial charge in [0, 0.05) is 17.1 Å². The zero-order valence-electron chi connectivity index (χ0n) is 24.3. The van der Waals surface area contributed by atoms with Gasteiger partial charge in [-0.15, -0.1) is 0 Å². The van der Waals surface area contributed by atoms with Crippen LogP contribution >= 0.6 is 15.9 Å². The summed E-state index contributed by atoms with van der Waals surface area (Å²) in [4.78, 5) is 28.9. The number of carbonyl (C=O) groups is 2. The highest BCUT2D eigenvalue weighted by Gasteiger charge is 2.33. The molecule has 8 nitrogen and oxygen atoms in total. The summed E-state index contributed by atoms with van der Waals surface area (Å²) in [6.07, 6.45) is 3.97. The molecular weight excluding hydrogens is 618 g/mol. The van der Waals surface area contributed by atoms with Gasteiger partial charge in [-0.1, -0.05) is 58.6 Å². The normalized spacial score (nSPS) is 14.3. The first kappa shape index (κ1) is 31.6. The zero-order chi connectivity index (χ0) is 30.3. The van der Waals surface area contributed by atoms with Gasteiger partial charge in [0.15, 0.2) is 0 Å². The fraction of sp³-hybridized carbons (Fsp3) is 0.375. The molecule has 1 aliphatic rings. The van der Waals surface area contributed by atoms with E-state index < -0.39 is 28.5 Å². The second kappa shape index (κ2) is 14.2. The Balaban J connectivity index is 1.68. The van der Waals surface area contributed by atoms with Crippen LogP contribution in [0.2, 0.25) is 0 Å². The van der Waals surface area contributed by atoms with E-state index in [1.165, 1.54) is 17.0 Å². The minimum atomic E-state index is -4.14. The molecule has 0 radical (unpaired) electrons. The second-order valence-corrected chi connectivity index (χ2v) is 13.3. The van der Waals surface area contributed by atoms with Crippen LogP contribution in [-0.2, 0) is 26.2 Å². The molecule has 0 saturated heterocycles. The van der Waals surface area contributed by atoms with Crippen LogP contribution in [0.3, 0.4) is 0 Å². The maximum Gasteiger partial charge on any atom is 0.264 e. The highest BCUT2D eigenvalue weighted by Crippen LogP contribution is 2.27. The number of halogens is 1. The molecule has 3 aromatic carbocycles. The Labute approximate surface area is 257 Å². The number of hydrogen-bond donors (Lipinski definition) is 1. The molecule has 1 fully saturated rings. The lowest BCUT2D eigenvalue weighted by atomic mass is 10.1. The monoisotopic (exact) mass is 655 g/mol. The number of nitrogens with one attached hydrogen (secondary N) is 1. The van der Waals surface area contributed by atoms with Crippen LogP contribution in [-0.4, -0.2) is 50.4 Å². The van der Waals surface area contributed by atoms with Gasteiger partial charge in [-0.2, -0.15) is 0 Å². The minimum Gasteiger partial charge on any atom is -0.494 e. The summed E-state index contributed by atoms with van der Waals surface area (Å²) in [5.41, 5.74) is 2.23. The fourth-order valence-electron chi connectivity index (χ4n) is 5.00. The van der Waals surface area contributed by atoms with E-state index in [9.17, 15) is 18.0 Å². The number of rotatable bonds is 12. The minimum absolute atomic E-state index is 0.0458. The van der Waals surface area contributed by atoms with E-state index in [4.69, 9.17) is 4.74 Å². The number of nitrogens with zero attached hydrogens (tertiary/aromatic N) is 2. The van der Waals surface area contributed by atoms with E-state index in [1.807, 2.05) is 38.1 Å². The van der Waals surface area contributed by atoms with Gasteiger partial charge < -0.3 is 15.0 Å². The lowest BCUT2D eigenvalue weighted by Gasteiger charge is -2.32. The quantitative estimate of drug-likeness (QED) is 0.265. The number of aryl methyl sites for hydroxylation is 1. The Hall–Kier alpha value is -3.37. The predicted octanol–water partition coefficient (Wildman–Crippen LogP) is 5.83. The van der Waals surface area contributed by atoms with Crippen molar-refractivity contribution >= 4 is 43.5 Å². The van der Waals surface area contributed by atoms with Gasteiger partial charge in [0.2, 0.25) is 11.8 Å². The molecule has 1 N–H and O–H groups in total. The number of amides is 2. The first-order valence-electron chi connectivity index (χ1n) is 14.2. The fourth-order valence-corrected chi connectivity index (χ4v) is 6.68. The molecule has 0 bridgehead atoms. The maximum absolute atomic E-state index is 14.1. The largest absolute Gasteiger partial charge is 0.494 e. The Bertz CT molecular complexity index is 1460. The van der Waals surface area contributed by atoms with Crippen LogP contribution in [0.15, 0.2) is 82.2 Å². The molecule has 42 heavy (non-hydrogen) atoms. The Morgan fingerprint density at radius 2 is 1.60 bits per heavy atom. The SMILES string of the molecule is CCOc1ccc(N(CC(=O)N(Cc2ccc(C)cc2)C(C)C(=O)NC2CCCC2)S(=O)(=O)c2ccc(Br)cc2)cc1. The molecule has 4 rings (SSSR count). The van der Waals surface area contributed by atoms with Crippen LogP contribution in [0.25, 0.3) is 0 Å². The molecule has 0 aliphatic heterocycles. The second-order valence-electron chi connectivity index (χ2n) is 10.6. The molecule has 1 unspecified atom stereocenters. The molecule has 0 aromatic heterocycles. The molecule has 1 aliphatic carbocycles. The molecular formula is C32H38BrN3O5S. The number of carbonyl (C=O) groups excluding carboxylic acids is 2. The van der Waals surface area contributed by atoms with Crippen molar-refractivity contribution in [3.63, 3.8) is 0 Å². The third-order valence-electron chi connectivity index (χ3n) is 7.46. The molecule has 1 atom stereocenters. The summed E-state index contributed by atoms with van der Waals surface area (Å²) < 4.78 is 35.3. The summed E-state index contributed by atoms with van der Waals surface area (Å²) >= 11 is 3.35. The van der Waals surface area contributed by atoms with Crippen molar-refractivity contribution in [2.75, 3.05) is 17.5 Å². The summed E-state index contributed by atoms with van der Waals surface area (Å²) in [7, 11) is -4.14. The summed E-state index contributed by atoms with van der Waals surface area (Å²) in [5, 5.41) is 3.09. The van der Waals surface area contributed by atoms with Crippen molar-refractivity contribution in [2.45, 2.75) is 70.0 Å². The van der Waals surface area contributed by atoms with Gasteiger partial charge in [0.1, 0.15) is 18.3 Å². The molecule has 1 saturated carbocycles. The number of benzene rings is 3. The van der Waals surface area contributed by atoms with Crippen LogP contribution in [0.1, 0.15) is 50.7 Å². The van der Waals surface area contributed by atoms with E-state index in [2.05, 4.69) is 21.2 Å². The van der Waals surface area contributed by atoms with Crippen molar-refractivity contribution in [2.24, 2.45) is 0 Å². The highest BCUT2D eigenvalue weighted by molar-refractivity contribution is 9.10. The number of hydrogen-bond acceptors (Lipinski definition) is 5. The number of sulfonamides is 1. The van der Waals surface area contributed by atoms with E-state index in [1.54, 1.807) is 43.3 Å². The summed E-state index contributed by atoms with van der Waals surface area (Å²) in [6, 6.07) is 19.9. The molecule has 10 heteroatoms. The summed E-state index contributed by atoms with van der Waals surface area (Å²) in [5.74, 6) is -0.142. The highest BCUT2D eigenvalue weighted by atomic mass is 79.9. The maximum atomic E-state index is 14.1.